The van der Waals surface area contributed by atoms with Crippen LogP contribution in [0.15, 0.2) is 77.8 Å². The van der Waals surface area contributed by atoms with E-state index in [9.17, 15) is 0 Å². The van der Waals surface area contributed by atoms with E-state index >= 15 is 0 Å². The van der Waals surface area contributed by atoms with Crippen molar-refractivity contribution in [2.75, 3.05) is 5.32 Å². The van der Waals surface area contributed by atoms with Crippen LogP contribution in [0.2, 0.25) is 0 Å². The van der Waals surface area contributed by atoms with E-state index in [4.69, 9.17) is 4.99 Å². The van der Waals surface area contributed by atoms with Crippen molar-refractivity contribution < 1.29 is 0 Å². The first-order valence-electron chi connectivity index (χ1n) is 8.16. The Morgan fingerprint density at radius 1 is 0.625 bits per heavy atom. The van der Waals surface area contributed by atoms with E-state index < -0.39 is 0 Å². The molecule has 3 aromatic rings. The van der Waals surface area contributed by atoms with Gasteiger partial charge >= 0.3 is 0 Å². The standard InChI is InChI=1S/C22H22N2/c1-16-4-10-19(11-5-16)22(23-20-12-6-17(2)7-13-20)24-21-14-8-18(3)9-15-21/h4-15H,1-3H3,(H,23,24). The number of amidine groups is 1. The first-order valence-corrected chi connectivity index (χ1v) is 8.16. The molecule has 2 nitrogen and oxygen atoms in total. The van der Waals surface area contributed by atoms with Crippen LogP contribution in [0, 0.1) is 20.8 Å². The number of benzene rings is 3. The molecule has 1 N–H and O–H groups in total. The van der Waals surface area contributed by atoms with Crippen molar-refractivity contribution in [2.45, 2.75) is 20.8 Å². The molecule has 24 heavy (non-hydrogen) atoms. The second-order valence-corrected chi connectivity index (χ2v) is 6.15. The third kappa shape index (κ3) is 4.11. The third-order valence-electron chi connectivity index (χ3n) is 3.91. The lowest BCUT2D eigenvalue weighted by Crippen LogP contribution is -2.13. The Morgan fingerprint density at radius 2 is 1.08 bits per heavy atom. The van der Waals surface area contributed by atoms with Gasteiger partial charge in [-0.15, -0.1) is 0 Å². The lowest BCUT2D eigenvalue weighted by molar-refractivity contribution is 1.40. The van der Waals surface area contributed by atoms with Gasteiger partial charge in [-0.05, 0) is 45.0 Å². The minimum Gasteiger partial charge on any atom is -0.340 e. The minimum absolute atomic E-state index is 0.850. The van der Waals surface area contributed by atoms with Gasteiger partial charge in [0.05, 0.1) is 5.69 Å². The highest BCUT2D eigenvalue weighted by molar-refractivity contribution is 6.09. The summed E-state index contributed by atoms with van der Waals surface area (Å²) >= 11 is 0. The van der Waals surface area contributed by atoms with E-state index in [-0.39, 0.29) is 0 Å². The number of hydrogen-bond donors (Lipinski definition) is 1. The normalized spacial score (nSPS) is 11.4. The molecular formula is C22H22N2. The monoisotopic (exact) mass is 314 g/mol. The molecule has 0 saturated heterocycles. The molecule has 120 valence electrons. The van der Waals surface area contributed by atoms with Crippen molar-refractivity contribution in [3.63, 3.8) is 0 Å². The molecule has 0 aliphatic rings. The van der Waals surface area contributed by atoms with E-state index in [1.165, 1.54) is 16.7 Å². The van der Waals surface area contributed by atoms with E-state index in [1.807, 2.05) is 12.1 Å². The highest BCUT2D eigenvalue weighted by Gasteiger charge is 2.05. The Kier molecular flexibility index (Phi) is 4.76. The summed E-state index contributed by atoms with van der Waals surface area (Å²) in [5.41, 5.74) is 6.76. The van der Waals surface area contributed by atoms with E-state index in [1.54, 1.807) is 0 Å². The Morgan fingerprint density at radius 3 is 1.62 bits per heavy atom. The van der Waals surface area contributed by atoms with Gasteiger partial charge in [0.15, 0.2) is 0 Å². The molecule has 0 atom stereocenters. The smallest absolute Gasteiger partial charge is 0.138 e. The minimum atomic E-state index is 0.850. The summed E-state index contributed by atoms with van der Waals surface area (Å²) in [7, 11) is 0. The fourth-order valence-electron chi connectivity index (χ4n) is 2.40. The zero-order chi connectivity index (χ0) is 16.9. The Balaban J connectivity index is 1.97. The van der Waals surface area contributed by atoms with Crippen molar-refractivity contribution in [3.05, 3.63) is 95.1 Å². The average molecular weight is 314 g/mol. The van der Waals surface area contributed by atoms with E-state index in [2.05, 4.69) is 86.8 Å². The molecular weight excluding hydrogens is 292 g/mol. The maximum atomic E-state index is 4.82. The fraction of sp³-hybridized carbons (Fsp3) is 0.136. The second kappa shape index (κ2) is 7.14. The number of hydrogen-bond acceptors (Lipinski definition) is 1. The topological polar surface area (TPSA) is 24.4 Å². The number of aryl methyl sites for hydroxylation is 3. The molecule has 0 radical (unpaired) electrons. The van der Waals surface area contributed by atoms with Crippen molar-refractivity contribution in [3.8, 4) is 0 Å². The van der Waals surface area contributed by atoms with Crippen LogP contribution in [0.25, 0.3) is 0 Å². The molecule has 0 amide bonds. The van der Waals surface area contributed by atoms with Crippen LogP contribution in [0.4, 0.5) is 11.4 Å². The lowest BCUT2D eigenvalue weighted by atomic mass is 10.1. The molecule has 0 bridgehead atoms. The SMILES string of the molecule is Cc1ccc(N=C(Nc2ccc(C)cc2)c2ccc(C)cc2)cc1. The van der Waals surface area contributed by atoms with Gasteiger partial charge in [-0.2, -0.15) is 0 Å². The zero-order valence-corrected chi connectivity index (χ0v) is 14.4. The summed E-state index contributed by atoms with van der Waals surface area (Å²) in [6.07, 6.45) is 0. The van der Waals surface area contributed by atoms with Crippen molar-refractivity contribution in [2.24, 2.45) is 4.99 Å². The van der Waals surface area contributed by atoms with Gasteiger partial charge in [0.25, 0.3) is 0 Å². The Bertz CT molecular complexity index is 827. The molecule has 0 heterocycles. The summed E-state index contributed by atoms with van der Waals surface area (Å²) < 4.78 is 0. The first kappa shape index (κ1) is 16.0. The van der Waals surface area contributed by atoms with Crippen LogP contribution in [-0.2, 0) is 0 Å². The van der Waals surface area contributed by atoms with Gasteiger partial charge in [0.2, 0.25) is 0 Å². The van der Waals surface area contributed by atoms with Crippen LogP contribution in [0.5, 0.6) is 0 Å². The molecule has 0 spiro atoms. The summed E-state index contributed by atoms with van der Waals surface area (Å²) in [5, 5.41) is 3.46. The van der Waals surface area contributed by atoms with Gasteiger partial charge in [0.1, 0.15) is 5.84 Å². The highest BCUT2D eigenvalue weighted by atomic mass is 15.0. The predicted octanol–water partition coefficient (Wildman–Crippen LogP) is 5.80. The quantitative estimate of drug-likeness (QED) is 0.479. The number of nitrogens with zero attached hydrogens (tertiary/aromatic N) is 1. The van der Waals surface area contributed by atoms with E-state index in [0.29, 0.717) is 0 Å². The molecule has 2 heteroatoms. The number of rotatable bonds is 3. The maximum absolute atomic E-state index is 4.82. The van der Waals surface area contributed by atoms with Gasteiger partial charge in [0, 0.05) is 11.3 Å². The Hall–Kier alpha value is -2.87. The highest BCUT2D eigenvalue weighted by Crippen LogP contribution is 2.18. The van der Waals surface area contributed by atoms with E-state index in [0.717, 1.165) is 22.8 Å². The van der Waals surface area contributed by atoms with Crippen LogP contribution >= 0.6 is 0 Å². The fourth-order valence-corrected chi connectivity index (χ4v) is 2.40. The van der Waals surface area contributed by atoms with Gasteiger partial charge < -0.3 is 5.32 Å². The molecule has 0 saturated carbocycles. The number of nitrogens with one attached hydrogen (secondary N) is 1. The number of anilines is 1. The second-order valence-electron chi connectivity index (χ2n) is 6.15. The third-order valence-corrected chi connectivity index (χ3v) is 3.91. The average Bonchev–Trinajstić information content (AvgIpc) is 2.59. The molecule has 0 aliphatic heterocycles. The molecule has 0 aromatic heterocycles. The molecule has 0 unspecified atom stereocenters. The summed E-state index contributed by atoms with van der Waals surface area (Å²) in [6.45, 7) is 6.26. The van der Waals surface area contributed by atoms with Crippen LogP contribution in [-0.4, -0.2) is 5.84 Å². The first-order chi connectivity index (χ1) is 11.6. The van der Waals surface area contributed by atoms with Crippen LogP contribution in [0.1, 0.15) is 22.3 Å². The maximum Gasteiger partial charge on any atom is 0.138 e. The number of aliphatic imine (C=N–C) groups is 1. The molecule has 3 aromatic carbocycles. The Labute approximate surface area is 143 Å². The predicted molar refractivity (Wildman–Crippen MR) is 103 cm³/mol. The zero-order valence-electron chi connectivity index (χ0n) is 14.4. The summed E-state index contributed by atoms with van der Waals surface area (Å²) in [5.74, 6) is 0.850. The largest absolute Gasteiger partial charge is 0.340 e. The summed E-state index contributed by atoms with van der Waals surface area (Å²) in [6, 6.07) is 25.0. The van der Waals surface area contributed by atoms with Crippen molar-refractivity contribution >= 4 is 17.2 Å². The molecule has 0 aliphatic carbocycles. The lowest BCUT2D eigenvalue weighted by Gasteiger charge is -2.11. The molecule has 0 fully saturated rings. The summed E-state index contributed by atoms with van der Waals surface area (Å²) in [4.78, 5) is 4.82. The van der Waals surface area contributed by atoms with Crippen molar-refractivity contribution in [1.29, 1.82) is 0 Å². The van der Waals surface area contributed by atoms with Gasteiger partial charge in [-0.3, -0.25) is 0 Å². The van der Waals surface area contributed by atoms with Crippen LogP contribution in [0.3, 0.4) is 0 Å². The van der Waals surface area contributed by atoms with Gasteiger partial charge in [-0.1, -0.05) is 65.2 Å². The van der Waals surface area contributed by atoms with Crippen molar-refractivity contribution in [1.82, 2.24) is 0 Å². The molecule has 3 rings (SSSR count). The van der Waals surface area contributed by atoms with Crippen LogP contribution < -0.4 is 5.32 Å². The van der Waals surface area contributed by atoms with Gasteiger partial charge in [-0.25, -0.2) is 4.99 Å².